The number of nitrogens with one attached hydrogen (secondary N) is 1. The summed E-state index contributed by atoms with van der Waals surface area (Å²) in [6.45, 7) is -0.190. The largest absolute Gasteiger partial charge is 0.484 e. The lowest BCUT2D eigenvalue weighted by atomic mass is 10.0. The number of pyridine rings is 1. The van der Waals surface area contributed by atoms with Gasteiger partial charge in [0.05, 0.1) is 16.8 Å². The van der Waals surface area contributed by atoms with E-state index in [0.717, 1.165) is 0 Å². The van der Waals surface area contributed by atoms with Crippen LogP contribution in [0.4, 0.5) is 11.4 Å². The molecule has 0 atom stereocenters. The van der Waals surface area contributed by atoms with E-state index in [1.165, 1.54) is 30.5 Å². The van der Waals surface area contributed by atoms with Crippen LogP contribution >= 0.6 is 0 Å². The van der Waals surface area contributed by atoms with Crippen LogP contribution in [0.25, 0.3) is 0 Å². The summed E-state index contributed by atoms with van der Waals surface area (Å²) in [5.41, 5.74) is 1.24. The van der Waals surface area contributed by atoms with E-state index in [9.17, 15) is 19.7 Å². The highest BCUT2D eigenvalue weighted by Crippen LogP contribution is 2.18. The van der Waals surface area contributed by atoms with Crippen LogP contribution in [0, 0.1) is 10.1 Å². The third kappa shape index (κ3) is 4.76. The molecule has 0 saturated heterocycles. The first-order valence-corrected chi connectivity index (χ1v) is 8.25. The Morgan fingerprint density at radius 2 is 1.64 bits per heavy atom. The molecule has 0 aliphatic heterocycles. The van der Waals surface area contributed by atoms with Crippen LogP contribution < -0.4 is 10.1 Å². The first-order valence-electron chi connectivity index (χ1n) is 8.25. The van der Waals surface area contributed by atoms with E-state index in [4.69, 9.17) is 4.74 Å². The number of nitro benzene ring substituents is 1. The summed E-state index contributed by atoms with van der Waals surface area (Å²) in [5.74, 6) is -0.170. The number of hydrogen-bond donors (Lipinski definition) is 1. The van der Waals surface area contributed by atoms with Gasteiger partial charge in [-0.05, 0) is 48.5 Å². The molecule has 3 aromatic rings. The van der Waals surface area contributed by atoms with Crippen molar-refractivity contribution in [3.8, 4) is 5.75 Å². The standard InChI is InChI=1S/C20H15N3O5/c24-19(22-16-2-1-11-21-12-16)13-28-18-9-5-15(6-10-18)20(25)14-3-7-17(8-4-14)23(26)27/h1-12H,13H2,(H,22,24). The minimum atomic E-state index is -0.523. The minimum absolute atomic E-state index is 0.0788. The second-order valence-corrected chi connectivity index (χ2v) is 5.74. The molecule has 3 rings (SSSR count). The average Bonchev–Trinajstić information content (AvgIpc) is 2.73. The van der Waals surface area contributed by atoms with Crippen molar-refractivity contribution in [2.24, 2.45) is 0 Å². The molecule has 140 valence electrons. The van der Waals surface area contributed by atoms with E-state index in [-0.39, 0.29) is 24.0 Å². The van der Waals surface area contributed by atoms with E-state index >= 15 is 0 Å². The van der Waals surface area contributed by atoms with Gasteiger partial charge >= 0.3 is 0 Å². The molecule has 0 radical (unpaired) electrons. The molecule has 1 amide bonds. The van der Waals surface area contributed by atoms with Gasteiger partial charge in [0.2, 0.25) is 0 Å². The molecule has 0 spiro atoms. The zero-order chi connectivity index (χ0) is 19.9. The summed E-state index contributed by atoms with van der Waals surface area (Å²) >= 11 is 0. The molecule has 28 heavy (non-hydrogen) atoms. The van der Waals surface area contributed by atoms with Gasteiger partial charge in [-0.2, -0.15) is 0 Å². The maximum Gasteiger partial charge on any atom is 0.269 e. The van der Waals surface area contributed by atoms with E-state index in [1.807, 2.05) is 0 Å². The smallest absolute Gasteiger partial charge is 0.269 e. The Balaban J connectivity index is 1.57. The summed E-state index contributed by atoms with van der Waals surface area (Å²) in [6, 6.07) is 15.1. The number of hydrogen-bond acceptors (Lipinski definition) is 6. The Kier molecular flexibility index (Phi) is 5.71. The lowest BCUT2D eigenvalue weighted by molar-refractivity contribution is -0.384. The minimum Gasteiger partial charge on any atom is -0.484 e. The number of ketones is 1. The van der Waals surface area contributed by atoms with Crippen LogP contribution in [-0.2, 0) is 4.79 Å². The molecule has 0 aliphatic carbocycles. The van der Waals surface area contributed by atoms with E-state index in [0.29, 0.717) is 22.6 Å². The van der Waals surface area contributed by atoms with Crippen molar-refractivity contribution >= 4 is 23.1 Å². The normalized spacial score (nSPS) is 10.1. The van der Waals surface area contributed by atoms with Gasteiger partial charge in [-0.15, -0.1) is 0 Å². The van der Waals surface area contributed by atoms with Gasteiger partial charge in [0.25, 0.3) is 11.6 Å². The molecule has 0 aliphatic rings. The molecular weight excluding hydrogens is 362 g/mol. The maximum absolute atomic E-state index is 12.4. The van der Waals surface area contributed by atoms with Crippen LogP contribution in [0.3, 0.4) is 0 Å². The average molecular weight is 377 g/mol. The second-order valence-electron chi connectivity index (χ2n) is 5.74. The Morgan fingerprint density at radius 1 is 1.00 bits per heavy atom. The monoisotopic (exact) mass is 377 g/mol. The van der Waals surface area contributed by atoms with Crippen molar-refractivity contribution in [1.29, 1.82) is 0 Å². The molecule has 0 saturated carbocycles. The number of aromatic nitrogens is 1. The fourth-order valence-electron chi connectivity index (χ4n) is 2.39. The summed E-state index contributed by atoms with van der Waals surface area (Å²) in [6.07, 6.45) is 3.13. The van der Waals surface area contributed by atoms with Crippen LogP contribution in [-0.4, -0.2) is 28.2 Å². The lowest BCUT2D eigenvalue weighted by Crippen LogP contribution is -2.20. The molecule has 1 N–H and O–H groups in total. The van der Waals surface area contributed by atoms with Crippen LogP contribution in [0.5, 0.6) is 5.75 Å². The Morgan fingerprint density at radius 3 is 2.21 bits per heavy atom. The predicted octanol–water partition coefficient (Wildman–Crippen LogP) is 3.24. The highest BCUT2D eigenvalue weighted by molar-refractivity contribution is 6.09. The molecule has 2 aromatic carbocycles. The number of benzene rings is 2. The molecule has 8 nitrogen and oxygen atoms in total. The van der Waals surface area contributed by atoms with Crippen molar-refractivity contribution in [3.63, 3.8) is 0 Å². The third-order valence-electron chi connectivity index (χ3n) is 3.77. The summed E-state index contributed by atoms with van der Waals surface area (Å²) in [5, 5.41) is 13.3. The maximum atomic E-state index is 12.4. The number of amides is 1. The van der Waals surface area contributed by atoms with Crippen molar-refractivity contribution in [2.75, 3.05) is 11.9 Å². The molecule has 1 heterocycles. The zero-order valence-electron chi connectivity index (χ0n) is 14.6. The number of non-ortho nitro benzene ring substituents is 1. The number of nitrogens with zero attached hydrogens (tertiary/aromatic N) is 2. The lowest BCUT2D eigenvalue weighted by Gasteiger charge is -2.08. The fourth-order valence-corrected chi connectivity index (χ4v) is 2.39. The van der Waals surface area contributed by atoms with Crippen molar-refractivity contribution in [1.82, 2.24) is 4.98 Å². The fraction of sp³-hybridized carbons (Fsp3) is 0.0500. The third-order valence-corrected chi connectivity index (χ3v) is 3.77. The van der Waals surface area contributed by atoms with Crippen LogP contribution in [0.2, 0.25) is 0 Å². The van der Waals surface area contributed by atoms with Gasteiger partial charge in [-0.25, -0.2) is 0 Å². The SMILES string of the molecule is O=C(COc1ccc(C(=O)c2ccc([N+](=O)[O-])cc2)cc1)Nc1cccnc1. The number of nitro groups is 1. The molecule has 0 unspecified atom stereocenters. The van der Waals surface area contributed by atoms with Crippen molar-refractivity contribution in [2.45, 2.75) is 0 Å². The Hall–Kier alpha value is -4.07. The molecule has 0 fully saturated rings. The Bertz CT molecular complexity index is 987. The van der Waals surface area contributed by atoms with Gasteiger partial charge in [0.1, 0.15) is 5.75 Å². The second kappa shape index (κ2) is 8.54. The van der Waals surface area contributed by atoms with Crippen LogP contribution in [0.1, 0.15) is 15.9 Å². The van der Waals surface area contributed by atoms with Crippen LogP contribution in [0.15, 0.2) is 73.1 Å². The molecule has 0 bridgehead atoms. The van der Waals surface area contributed by atoms with Gasteiger partial charge in [-0.1, -0.05) is 0 Å². The van der Waals surface area contributed by atoms with E-state index in [2.05, 4.69) is 10.3 Å². The number of ether oxygens (including phenoxy) is 1. The quantitative estimate of drug-likeness (QED) is 0.384. The molecule has 8 heteroatoms. The zero-order valence-corrected chi connectivity index (χ0v) is 14.6. The van der Waals surface area contributed by atoms with E-state index in [1.54, 1.807) is 42.6 Å². The summed E-state index contributed by atoms with van der Waals surface area (Å²) < 4.78 is 5.40. The Labute approximate surface area is 159 Å². The van der Waals surface area contributed by atoms with Gasteiger partial charge in [0.15, 0.2) is 12.4 Å². The number of carbonyl (C=O) groups is 2. The summed E-state index contributed by atoms with van der Waals surface area (Å²) in [7, 11) is 0. The summed E-state index contributed by atoms with van der Waals surface area (Å²) in [4.78, 5) is 38.3. The number of anilines is 1. The number of rotatable bonds is 7. The number of carbonyl (C=O) groups excluding carboxylic acids is 2. The van der Waals surface area contributed by atoms with Gasteiger partial charge in [0, 0.05) is 29.5 Å². The first kappa shape index (κ1) is 18.7. The molecule has 1 aromatic heterocycles. The molecular formula is C20H15N3O5. The first-order chi connectivity index (χ1) is 13.5. The topological polar surface area (TPSA) is 111 Å². The van der Waals surface area contributed by atoms with E-state index < -0.39 is 4.92 Å². The van der Waals surface area contributed by atoms with Crippen molar-refractivity contribution < 1.29 is 19.2 Å². The van der Waals surface area contributed by atoms with Gasteiger partial charge in [-0.3, -0.25) is 24.7 Å². The van der Waals surface area contributed by atoms with Gasteiger partial charge < -0.3 is 10.1 Å². The highest BCUT2D eigenvalue weighted by Gasteiger charge is 2.12. The van der Waals surface area contributed by atoms with Crippen molar-refractivity contribution in [3.05, 3.63) is 94.3 Å². The predicted molar refractivity (Wildman–Crippen MR) is 101 cm³/mol. The highest BCUT2D eigenvalue weighted by atomic mass is 16.6.